The maximum absolute atomic E-state index is 12.3. The first-order valence-electron chi connectivity index (χ1n) is 9.10. The lowest BCUT2D eigenvalue weighted by Gasteiger charge is -2.28. The molecule has 2 aliphatic carbocycles. The Labute approximate surface area is 162 Å². The van der Waals surface area contributed by atoms with Crippen LogP contribution < -0.4 is 5.32 Å². The van der Waals surface area contributed by atoms with Gasteiger partial charge in [-0.2, -0.15) is 0 Å². The first-order chi connectivity index (χ1) is 12.6. The molecule has 1 N–H and O–H groups in total. The molecule has 2 aromatic rings. The average molecular weight is 392 g/mol. The SMILES string of the molecule is C[C@H](NC(=O)CSc1nnc(-c2ccc(Cl)cc2)o1)[C@H]1C[C@H]2CC[C@H]1C2. The molecule has 1 aromatic carbocycles. The number of nitrogens with zero attached hydrogens (tertiary/aromatic N) is 2. The van der Waals surface area contributed by atoms with Gasteiger partial charge >= 0.3 is 0 Å². The number of amides is 1. The quantitative estimate of drug-likeness (QED) is 0.738. The molecule has 5 nitrogen and oxygen atoms in total. The van der Waals surface area contributed by atoms with Crippen LogP contribution in [0, 0.1) is 17.8 Å². The molecular formula is C19H22ClN3O2S. The molecule has 138 valence electrons. The highest BCUT2D eigenvalue weighted by Crippen LogP contribution is 2.49. The molecule has 26 heavy (non-hydrogen) atoms. The number of carbonyl (C=O) groups excluding carboxylic acids is 1. The fourth-order valence-corrected chi connectivity index (χ4v) is 5.11. The zero-order valence-electron chi connectivity index (χ0n) is 14.7. The second-order valence-electron chi connectivity index (χ2n) is 7.36. The standard InChI is InChI=1S/C19H22ClN3O2S/c1-11(16-9-12-2-3-14(16)8-12)21-17(24)10-26-19-23-22-18(25-19)13-4-6-15(20)7-5-13/h4-7,11-12,14,16H,2-3,8-10H2,1H3,(H,21,24)/t11-,12-,14-,16+/m0/s1. The van der Waals surface area contributed by atoms with Gasteiger partial charge in [0.25, 0.3) is 5.22 Å². The van der Waals surface area contributed by atoms with Crippen LogP contribution in [0.2, 0.25) is 5.02 Å². The molecule has 2 fully saturated rings. The monoisotopic (exact) mass is 391 g/mol. The van der Waals surface area contributed by atoms with E-state index in [-0.39, 0.29) is 17.7 Å². The third-order valence-electron chi connectivity index (χ3n) is 5.65. The molecule has 2 saturated carbocycles. The van der Waals surface area contributed by atoms with Gasteiger partial charge in [0.1, 0.15) is 0 Å². The zero-order valence-corrected chi connectivity index (χ0v) is 16.2. The van der Waals surface area contributed by atoms with Crippen molar-refractivity contribution >= 4 is 29.3 Å². The highest BCUT2D eigenvalue weighted by Gasteiger charge is 2.42. The fraction of sp³-hybridized carbons (Fsp3) is 0.526. The smallest absolute Gasteiger partial charge is 0.277 e. The largest absolute Gasteiger partial charge is 0.411 e. The molecule has 0 spiro atoms. The van der Waals surface area contributed by atoms with Crippen LogP contribution in [-0.2, 0) is 4.79 Å². The summed E-state index contributed by atoms with van der Waals surface area (Å²) in [7, 11) is 0. The van der Waals surface area contributed by atoms with Gasteiger partial charge in [-0.3, -0.25) is 4.79 Å². The summed E-state index contributed by atoms with van der Waals surface area (Å²) in [6.07, 6.45) is 5.34. The number of rotatable bonds is 6. The summed E-state index contributed by atoms with van der Waals surface area (Å²) < 4.78 is 5.62. The van der Waals surface area contributed by atoms with E-state index in [0.29, 0.717) is 22.1 Å². The van der Waals surface area contributed by atoms with Crippen LogP contribution in [0.5, 0.6) is 0 Å². The van der Waals surface area contributed by atoms with Crippen LogP contribution in [0.4, 0.5) is 0 Å². The van der Waals surface area contributed by atoms with E-state index in [1.165, 1.54) is 37.4 Å². The topological polar surface area (TPSA) is 68.0 Å². The predicted octanol–water partition coefficient (Wildman–Crippen LogP) is 4.42. The summed E-state index contributed by atoms with van der Waals surface area (Å²) in [5.74, 6) is 3.08. The van der Waals surface area contributed by atoms with Gasteiger partial charge in [-0.05, 0) is 68.2 Å². The van der Waals surface area contributed by atoms with E-state index in [0.717, 1.165) is 17.4 Å². The van der Waals surface area contributed by atoms with E-state index in [1.54, 1.807) is 12.1 Å². The minimum absolute atomic E-state index is 0.0246. The van der Waals surface area contributed by atoms with E-state index < -0.39 is 0 Å². The summed E-state index contributed by atoms with van der Waals surface area (Å²) in [5, 5.41) is 12.3. The minimum atomic E-state index is 0.0246. The molecule has 4 rings (SSSR count). The molecule has 0 radical (unpaired) electrons. The first kappa shape index (κ1) is 17.9. The lowest BCUT2D eigenvalue weighted by molar-refractivity contribution is -0.119. The number of aromatic nitrogens is 2. The predicted molar refractivity (Wildman–Crippen MR) is 102 cm³/mol. The Morgan fingerprint density at radius 3 is 2.81 bits per heavy atom. The number of carbonyl (C=O) groups is 1. The van der Waals surface area contributed by atoms with E-state index >= 15 is 0 Å². The lowest BCUT2D eigenvalue weighted by Crippen LogP contribution is -2.40. The Kier molecular flexibility index (Phi) is 5.23. The maximum Gasteiger partial charge on any atom is 0.277 e. The molecule has 2 aliphatic rings. The van der Waals surface area contributed by atoms with Crippen LogP contribution >= 0.6 is 23.4 Å². The van der Waals surface area contributed by atoms with Gasteiger partial charge in [0.2, 0.25) is 11.8 Å². The Bertz CT molecular complexity index is 779. The van der Waals surface area contributed by atoms with Crippen molar-refractivity contribution < 1.29 is 9.21 Å². The van der Waals surface area contributed by atoms with E-state index in [4.69, 9.17) is 16.0 Å². The normalized spacial score (nSPS) is 25.4. The van der Waals surface area contributed by atoms with E-state index in [2.05, 4.69) is 22.4 Å². The van der Waals surface area contributed by atoms with Gasteiger partial charge in [-0.25, -0.2) is 0 Å². The second kappa shape index (κ2) is 7.61. The third-order valence-corrected chi connectivity index (χ3v) is 6.72. The number of benzene rings is 1. The van der Waals surface area contributed by atoms with Crippen LogP contribution in [0.1, 0.15) is 32.6 Å². The number of hydrogen-bond acceptors (Lipinski definition) is 5. The molecule has 0 unspecified atom stereocenters. The molecule has 1 amide bonds. The van der Waals surface area contributed by atoms with Crippen molar-refractivity contribution in [2.45, 2.75) is 43.9 Å². The Balaban J connectivity index is 1.27. The number of hydrogen-bond donors (Lipinski definition) is 1. The summed E-state index contributed by atoms with van der Waals surface area (Å²) in [4.78, 5) is 12.3. The second-order valence-corrected chi connectivity index (χ2v) is 8.73. The van der Waals surface area contributed by atoms with Crippen molar-refractivity contribution in [2.75, 3.05) is 5.75 Å². The lowest BCUT2D eigenvalue weighted by atomic mass is 9.84. The van der Waals surface area contributed by atoms with Gasteiger partial charge in [-0.1, -0.05) is 29.8 Å². The van der Waals surface area contributed by atoms with Crippen molar-refractivity contribution in [1.82, 2.24) is 15.5 Å². The van der Waals surface area contributed by atoms with Crippen LogP contribution in [0.3, 0.4) is 0 Å². The van der Waals surface area contributed by atoms with Crippen LogP contribution in [0.25, 0.3) is 11.5 Å². The number of nitrogens with one attached hydrogen (secondary N) is 1. The highest BCUT2D eigenvalue weighted by molar-refractivity contribution is 7.99. The molecule has 1 aromatic heterocycles. The van der Waals surface area contributed by atoms with Gasteiger partial charge in [0, 0.05) is 16.6 Å². The maximum atomic E-state index is 12.3. The Morgan fingerprint density at radius 1 is 1.31 bits per heavy atom. The molecule has 4 atom stereocenters. The zero-order chi connectivity index (χ0) is 18.1. The van der Waals surface area contributed by atoms with Crippen LogP contribution in [-0.4, -0.2) is 27.9 Å². The molecule has 2 bridgehead atoms. The van der Waals surface area contributed by atoms with Gasteiger partial charge in [-0.15, -0.1) is 10.2 Å². The number of fused-ring (bicyclic) bond motifs is 2. The number of thioether (sulfide) groups is 1. The van der Waals surface area contributed by atoms with E-state index in [1.807, 2.05) is 12.1 Å². The summed E-state index contributed by atoms with van der Waals surface area (Å²) >= 11 is 7.15. The van der Waals surface area contributed by atoms with Gasteiger partial charge in [0.05, 0.1) is 5.75 Å². The average Bonchev–Trinajstić information content (AvgIpc) is 3.37. The number of halogens is 1. The summed E-state index contributed by atoms with van der Waals surface area (Å²) in [5.41, 5.74) is 0.808. The van der Waals surface area contributed by atoms with Gasteiger partial charge in [0.15, 0.2) is 0 Å². The molecule has 0 aliphatic heterocycles. The first-order valence-corrected chi connectivity index (χ1v) is 10.5. The Morgan fingerprint density at radius 2 is 2.12 bits per heavy atom. The summed E-state index contributed by atoms with van der Waals surface area (Å²) in [6, 6.07) is 7.45. The molecule has 0 saturated heterocycles. The Hall–Kier alpha value is -1.53. The van der Waals surface area contributed by atoms with Crippen LogP contribution in [0.15, 0.2) is 33.9 Å². The van der Waals surface area contributed by atoms with Crippen molar-refractivity contribution in [2.24, 2.45) is 17.8 Å². The highest BCUT2D eigenvalue weighted by atomic mass is 35.5. The third kappa shape index (κ3) is 3.91. The summed E-state index contributed by atoms with van der Waals surface area (Å²) in [6.45, 7) is 2.14. The molecule has 7 heteroatoms. The fourth-order valence-electron chi connectivity index (χ4n) is 4.41. The van der Waals surface area contributed by atoms with Gasteiger partial charge < -0.3 is 9.73 Å². The van der Waals surface area contributed by atoms with Crippen molar-refractivity contribution in [3.8, 4) is 11.5 Å². The molecule has 1 heterocycles. The van der Waals surface area contributed by atoms with Crippen molar-refractivity contribution in [1.29, 1.82) is 0 Å². The van der Waals surface area contributed by atoms with Crippen molar-refractivity contribution in [3.05, 3.63) is 29.3 Å². The van der Waals surface area contributed by atoms with E-state index in [9.17, 15) is 4.79 Å². The minimum Gasteiger partial charge on any atom is -0.411 e. The molecular weight excluding hydrogens is 370 g/mol. The van der Waals surface area contributed by atoms with Crippen molar-refractivity contribution in [3.63, 3.8) is 0 Å².